The van der Waals surface area contributed by atoms with Crippen LogP contribution in [0.5, 0.6) is 5.75 Å². The van der Waals surface area contributed by atoms with Crippen LogP contribution in [0.1, 0.15) is 47.0 Å². The first-order valence-electron chi connectivity index (χ1n) is 7.58. The third kappa shape index (κ3) is 7.71. The Morgan fingerprint density at radius 2 is 1.90 bits per heavy atom. The van der Waals surface area contributed by atoms with Crippen LogP contribution in [0, 0.1) is 5.41 Å². The average Bonchev–Trinajstić information content (AvgIpc) is 2.35. The summed E-state index contributed by atoms with van der Waals surface area (Å²) in [4.78, 5) is 11.9. The molecule has 4 nitrogen and oxygen atoms in total. The first kappa shape index (κ1) is 17.5. The Morgan fingerprint density at radius 3 is 2.43 bits per heavy atom. The van der Waals surface area contributed by atoms with Gasteiger partial charge in [-0.25, -0.2) is 0 Å². The van der Waals surface area contributed by atoms with Crippen molar-refractivity contribution in [2.75, 3.05) is 11.9 Å². The SMILES string of the molecule is CCCOc1ccc(NC(=O)CC(N)CC(C)(C)C)cc1. The van der Waals surface area contributed by atoms with E-state index in [0.717, 1.165) is 24.3 Å². The second kappa shape index (κ2) is 8.03. The molecule has 0 fully saturated rings. The smallest absolute Gasteiger partial charge is 0.225 e. The molecular formula is C17H28N2O2. The number of nitrogens with one attached hydrogen (secondary N) is 1. The number of nitrogens with two attached hydrogens (primary N) is 1. The van der Waals surface area contributed by atoms with Crippen LogP contribution >= 0.6 is 0 Å². The van der Waals surface area contributed by atoms with Gasteiger partial charge in [0.15, 0.2) is 0 Å². The summed E-state index contributed by atoms with van der Waals surface area (Å²) < 4.78 is 5.50. The molecule has 0 spiro atoms. The summed E-state index contributed by atoms with van der Waals surface area (Å²) in [5.41, 5.74) is 6.92. The molecule has 1 rings (SSSR count). The van der Waals surface area contributed by atoms with Crippen LogP contribution in [0.2, 0.25) is 0 Å². The molecule has 0 aromatic heterocycles. The normalized spacial score (nSPS) is 12.8. The number of hydrogen-bond donors (Lipinski definition) is 2. The number of carbonyl (C=O) groups excluding carboxylic acids is 1. The van der Waals surface area contributed by atoms with Crippen LogP contribution in [-0.4, -0.2) is 18.6 Å². The quantitative estimate of drug-likeness (QED) is 0.807. The van der Waals surface area contributed by atoms with Crippen LogP contribution in [0.3, 0.4) is 0 Å². The molecule has 1 unspecified atom stereocenters. The van der Waals surface area contributed by atoms with Crippen molar-refractivity contribution in [3.05, 3.63) is 24.3 Å². The predicted molar refractivity (Wildman–Crippen MR) is 87.5 cm³/mol. The van der Waals surface area contributed by atoms with Crippen LogP contribution in [0.15, 0.2) is 24.3 Å². The van der Waals surface area contributed by atoms with Gasteiger partial charge in [0, 0.05) is 18.2 Å². The Labute approximate surface area is 128 Å². The minimum Gasteiger partial charge on any atom is -0.494 e. The number of anilines is 1. The summed E-state index contributed by atoms with van der Waals surface area (Å²) in [6.45, 7) is 9.14. The van der Waals surface area contributed by atoms with E-state index in [-0.39, 0.29) is 17.4 Å². The standard InChI is InChI=1S/C17H28N2O2/c1-5-10-21-15-8-6-14(7-9-15)19-16(20)11-13(18)12-17(2,3)4/h6-9,13H,5,10-12,18H2,1-4H3,(H,19,20). The van der Waals surface area contributed by atoms with E-state index in [1.807, 2.05) is 24.3 Å². The number of ether oxygens (including phenoxy) is 1. The Bertz CT molecular complexity index is 435. The van der Waals surface area contributed by atoms with Crippen LogP contribution < -0.4 is 15.8 Å². The van der Waals surface area contributed by atoms with Crippen molar-refractivity contribution in [3.63, 3.8) is 0 Å². The number of benzene rings is 1. The number of amides is 1. The lowest BCUT2D eigenvalue weighted by atomic mass is 9.87. The van der Waals surface area contributed by atoms with E-state index in [2.05, 4.69) is 33.0 Å². The molecule has 1 aromatic rings. The Hall–Kier alpha value is -1.55. The fourth-order valence-corrected chi connectivity index (χ4v) is 2.16. The van der Waals surface area contributed by atoms with Gasteiger partial charge in [-0.3, -0.25) is 4.79 Å². The first-order chi connectivity index (χ1) is 9.80. The number of rotatable bonds is 7. The zero-order chi connectivity index (χ0) is 15.9. The van der Waals surface area contributed by atoms with Gasteiger partial charge in [0.2, 0.25) is 5.91 Å². The van der Waals surface area contributed by atoms with Crippen molar-refractivity contribution < 1.29 is 9.53 Å². The van der Waals surface area contributed by atoms with E-state index in [1.54, 1.807) is 0 Å². The summed E-state index contributed by atoms with van der Waals surface area (Å²) in [5.74, 6) is 0.772. The second-order valence-electron chi connectivity index (χ2n) is 6.65. The number of hydrogen-bond acceptors (Lipinski definition) is 3. The maximum atomic E-state index is 11.9. The lowest BCUT2D eigenvalue weighted by molar-refractivity contribution is -0.116. The monoisotopic (exact) mass is 292 g/mol. The average molecular weight is 292 g/mol. The van der Waals surface area contributed by atoms with Crippen molar-refractivity contribution in [1.29, 1.82) is 0 Å². The highest BCUT2D eigenvalue weighted by Gasteiger charge is 2.18. The van der Waals surface area contributed by atoms with Gasteiger partial charge in [0.25, 0.3) is 0 Å². The van der Waals surface area contributed by atoms with E-state index >= 15 is 0 Å². The van der Waals surface area contributed by atoms with Crippen molar-refractivity contribution >= 4 is 11.6 Å². The molecule has 1 amide bonds. The Balaban J connectivity index is 2.44. The molecule has 1 aromatic carbocycles. The minimum atomic E-state index is -0.114. The van der Waals surface area contributed by atoms with Crippen molar-refractivity contribution in [3.8, 4) is 5.75 Å². The summed E-state index contributed by atoms with van der Waals surface area (Å²) in [5, 5.41) is 2.87. The van der Waals surface area contributed by atoms with E-state index < -0.39 is 0 Å². The molecule has 0 heterocycles. The van der Waals surface area contributed by atoms with Gasteiger partial charge in [0.1, 0.15) is 5.75 Å². The molecule has 0 aliphatic rings. The Morgan fingerprint density at radius 1 is 1.29 bits per heavy atom. The molecule has 0 saturated heterocycles. The topological polar surface area (TPSA) is 64.3 Å². The first-order valence-corrected chi connectivity index (χ1v) is 7.58. The Kier molecular flexibility index (Phi) is 6.69. The summed E-state index contributed by atoms with van der Waals surface area (Å²) in [7, 11) is 0. The maximum Gasteiger partial charge on any atom is 0.225 e. The molecule has 21 heavy (non-hydrogen) atoms. The van der Waals surface area contributed by atoms with Crippen LogP contribution in [-0.2, 0) is 4.79 Å². The van der Waals surface area contributed by atoms with E-state index in [9.17, 15) is 4.79 Å². The lowest BCUT2D eigenvalue weighted by Gasteiger charge is -2.22. The maximum absolute atomic E-state index is 11.9. The summed E-state index contributed by atoms with van der Waals surface area (Å²) in [6.07, 6.45) is 2.14. The van der Waals surface area contributed by atoms with E-state index in [0.29, 0.717) is 13.0 Å². The zero-order valence-electron chi connectivity index (χ0n) is 13.6. The van der Waals surface area contributed by atoms with Gasteiger partial charge in [0.05, 0.1) is 6.61 Å². The molecule has 0 saturated carbocycles. The second-order valence-corrected chi connectivity index (χ2v) is 6.65. The molecule has 118 valence electrons. The van der Waals surface area contributed by atoms with E-state index in [1.165, 1.54) is 0 Å². The predicted octanol–water partition coefficient (Wildman–Crippen LogP) is 3.57. The molecule has 0 bridgehead atoms. The van der Waals surface area contributed by atoms with Crippen molar-refractivity contribution in [1.82, 2.24) is 0 Å². The third-order valence-electron chi connectivity index (χ3n) is 2.93. The highest BCUT2D eigenvalue weighted by atomic mass is 16.5. The molecule has 4 heteroatoms. The summed E-state index contributed by atoms with van der Waals surface area (Å²) in [6, 6.07) is 7.30. The van der Waals surface area contributed by atoms with Crippen molar-refractivity contribution in [2.24, 2.45) is 11.1 Å². The minimum absolute atomic E-state index is 0.0472. The van der Waals surface area contributed by atoms with E-state index in [4.69, 9.17) is 10.5 Å². The molecule has 0 radical (unpaired) electrons. The molecular weight excluding hydrogens is 264 g/mol. The van der Waals surface area contributed by atoms with Gasteiger partial charge < -0.3 is 15.8 Å². The van der Waals surface area contributed by atoms with Crippen LogP contribution in [0.4, 0.5) is 5.69 Å². The molecule has 0 aliphatic carbocycles. The highest BCUT2D eigenvalue weighted by Crippen LogP contribution is 2.21. The highest BCUT2D eigenvalue weighted by molar-refractivity contribution is 5.91. The third-order valence-corrected chi connectivity index (χ3v) is 2.93. The lowest BCUT2D eigenvalue weighted by Crippen LogP contribution is -2.31. The van der Waals surface area contributed by atoms with Gasteiger partial charge in [-0.1, -0.05) is 27.7 Å². The van der Waals surface area contributed by atoms with Gasteiger partial charge in [-0.2, -0.15) is 0 Å². The number of carbonyl (C=O) groups is 1. The van der Waals surface area contributed by atoms with Crippen LogP contribution in [0.25, 0.3) is 0 Å². The molecule has 0 aliphatic heterocycles. The van der Waals surface area contributed by atoms with Gasteiger partial charge in [-0.05, 0) is 42.5 Å². The van der Waals surface area contributed by atoms with Gasteiger partial charge in [-0.15, -0.1) is 0 Å². The fourth-order valence-electron chi connectivity index (χ4n) is 2.16. The van der Waals surface area contributed by atoms with Gasteiger partial charge >= 0.3 is 0 Å². The zero-order valence-corrected chi connectivity index (χ0v) is 13.6. The van der Waals surface area contributed by atoms with Crippen molar-refractivity contribution in [2.45, 2.75) is 53.0 Å². The molecule has 3 N–H and O–H groups in total. The fraction of sp³-hybridized carbons (Fsp3) is 0.588. The molecule has 1 atom stereocenters. The largest absolute Gasteiger partial charge is 0.494 e. The summed E-state index contributed by atoms with van der Waals surface area (Å²) >= 11 is 0.